The molecule has 1 aromatic heterocycles. The van der Waals surface area contributed by atoms with Gasteiger partial charge in [-0.15, -0.1) is 0 Å². The van der Waals surface area contributed by atoms with Crippen LogP contribution in [-0.2, 0) is 11.3 Å². The number of benzene rings is 1. The van der Waals surface area contributed by atoms with Crippen LogP contribution in [0.5, 0.6) is 0 Å². The summed E-state index contributed by atoms with van der Waals surface area (Å²) >= 11 is 7.61. The Labute approximate surface area is 152 Å². The van der Waals surface area contributed by atoms with Crippen molar-refractivity contribution in [1.29, 1.82) is 0 Å². The SMILES string of the molecule is C[C@@H](C(=O)Nc1ccc(Cl)cc1)N1CCN(Cc2ccsc2)CC1. The predicted octanol–water partition coefficient (Wildman–Crippen LogP) is 3.55. The number of anilines is 1. The Hall–Kier alpha value is -1.40. The third-order valence-corrected chi connectivity index (χ3v) is 5.42. The minimum absolute atomic E-state index is 0.0311. The number of hydrogen-bond acceptors (Lipinski definition) is 4. The number of rotatable bonds is 5. The zero-order valence-electron chi connectivity index (χ0n) is 13.7. The molecule has 0 radical (unpaired) electrons. The summed E-state index contributed by atoms with van der Waals surface area (Å²) in [6, 6.07) is 9.26. The van der Waals surface area contributed by atoms with Crippen molar-refractivity contribution in [2.45, 2.75) is 19.5 Å². The molecule has 1 atom stereocenters. The van der Waals surface area contributed by atoms with E-state index in [0.29, 0.717) is 5.02 Å². The van der Waals surface area contributed by atoms with Crippen molar-refractivity contribution in [1.82, 2.24) is 9.80 Å². The molecular formula is C18H22ClN3OS. The number of nitrogens with one attached hydrogen (secondary N) is 1. The van der Waals surface area contributed by atoms with Gasteiger partial charge in [-0.2, -0.15) is 11.3 Å². The summed E-state index contributed by atoms with van der Waals surface area (Å²) < 4.78 is 0. The Bertz CT molecular complexity index is 651. The zero-order valence-corrected chi connectivity index (χ0v) is 15.3. The summed E-state index contributed by atoms with van der Waals surface area (Å²) in [5, 5.41) is 7.95. The second-order valence-electron chi connectivity index (χ2n) is 6.12. The number of carbonyl (C=O) groups is 1. The fraction of sp³-hybridized carbons (Fsp3) is 0.389. The highest BCUT2D eigenvalue weighted by Crippen LogP contribution is 2.16. The van der Waals surface area contributed by atoms with Crippen LogP contribution in [0.25, 0.3) is 0 Å². The first-order valence-corrected chi connectivity index (χ1v) is 9.48. The van der Waals surface area contributed by atoms with Gasteiger partial charge in [-0.3, -0.25) is 14.6 Å². The summed E-state index contributed by atoms with van der Waals surface area (Å²) in [7, 11) is 0. The third kappa shape index (κ3) is 4.57. The molecule has 128 valence electrons. The van der Waals surface area contributed by atoms with E-state index in [2.05, 4.69) is 31.9 Å². The number of halogens is 1. The molecule has 0 saturated carbocycles. The van der Waals surface area contributed by atoms with Gasteiger partial charge >= 0.3 is 0 Å². The largest absolute Gasteiger partial charge is 0.325 e. The molecule has 1 aliphatic rings. The molecule has 3 rings (SSSR count). The molecular weight excluding hydrogens is 342 g/mol. The monoisotopic (exact) mass is 363 g/mol. The Balaban J connectivity index is 1.48. The number of nitrogens with zero attached hydrogens (tertiary/aromatic N) is 2. The van der Waals surface area contributed by atoms with Crippen molar-refractivity contribution in [2.24, 2.45) is 0 Å². The normalized spacial score (nSPS) is 17.6. The lowest BCUT2D eigenvalue weighted by atomic mass is 10.2. The maximum atomic E-state index is 12.4. The highest BCUT2D eigenvalue weighted by Gasteiger charge is 2.25. The second-order valence-corrected chi connectivity index (χ2v) is 7.33. The van der Waals surface area contributed by atoms with Crippen LogP contribution in [0.15, 0.2) is 41.1 Å². The Morgan fingerprint density at radius 3 is 2.54 bits per heavy atom. The van der Waals surface area contributed by atoms with Crippen molar-refractivity contribution in [3.8, 4) is 0 Å². The number of amides is 1. The molecule has 0 unspecified atom stereocenters. The van der Waals surface area contributed by atoms with Crippen LogP contribution < -0.4 is 5.32 Å². The number of thiophene rings is 1. The molecule has 24 heavy (non-hydrogen) atoms. The molecule has 1 N–H and O–H groups in total. The first kappa shape index (κ1) is 17.4. The minimum atomic E-state index is -0.135. The molecule has 0 bridgehead atoms. The quantitative estimate of drug-likeness (QED) is 0.882. The smallest absolute Gasteiger partial charge is 0.241 e. The van der Waals surface area contributed by atoms with Crippen molar-refractivity contribution in [2.75, 3.05) is 31.5 Å². The maximum absolute atomic E-state index is 12.4. The molecule has 2 heterocycles. The Kier molecular flexibility index (Phi) is 5.89. The van der Waals surface area contributed by atoms with E-state index < -0.39 is 0 Å². The van der Waals surface area contributed by atoms with Crippen LogP contribution in [-0.4, -0.2) is 47.9 Å². The molecule has 0 spiro atoms. The van der Waals surface area contributed by atoms with Crippen molar-refractivity contribution in [3.63, 3.8) is 0 Å². The zero-order chi connectivity index (χ0) is 16.9. The maximum Gasteiger partial charge on any atom is 0.241 e. The van der Waals surface area contributed by atoms with Crippen LogP contribution in [0.2, 0.25) is 5.02 Å². The number of carbonyl (C=O) groups excluding carboxylic acids is 1. The first-order valence-electron chi connectivity index (χ1n) is 8.16. The third-order valence-electron chi connectivity index (χ3n) is 4.43. The van der Waals surface area contributed by atoms with E-state index in [1.807, 2.05) is 19.1 Å². The first-order chi connectivity index (χ1) is 11.6. The molecule has 1 fully saturated rings. The van der Waals surface area contributed by atoms with Crippen LogP contribution in [0.3, 0.4) is 0 Å². The Morgan fingerprint density at radius 2 is 1.92 bits per heavy atom. The van der Waals surface area contributed by atoms with E-state index in [1.54, 1.807) is 23.5 Å². The van der Waals surface area contributed by atoms with Gasteiger partial charge in [-0.1, -0.05) is 11.6 Å². The molecule has 1 amide bonds. The molecule has 4 nitrogen and oxygen atoms in total. The summed E-state index contributed by atoms with van der Waals surface area (Å²) in [6.45, 7) is 6.80. The van der Waals surface area contributed by atoms with Gasteiger partial charge in [0.2, 0.25) is 5.91 Å². The lowest BCUT2D eigenvalue weighted by molar-refractivity contribution is -0.121. The lowest BCUT2D eigenvalue weighted by Gasteiger charge is -2.37. The van der Waals surface area contributed by atoms with Gasteiger partial charge in [-0.05, 0) is 53.6 Å². The topological polar surface area (TPSA) is 35.6 Å². The summed E-state index contributed by atoms with van der Waals surface area (Å²) in [5.41, 5.74) is 2.16. The van der Waals surface area contributed by atoms with E-state index in [-0.39, 0.29) is 11.9 Å². The van der Waals surface area contributed by atoms with E-state index in [1.165, 1.54) is 5.56 Å². The highest BCUT2D eigenvalue weighted by atomic mass is 35.5. The molecule has 1 saturated heterocycles. The van der Waals surface area contributed by atoms with Crippen LogP contribution in [0, 0.1) is 0 Å². The van der Waals surface area contributed by atoms with E-state index in [4.69, 9.17) is 11.6 Å². The van der Waals surface area contributed by atoms with Gasteiger partial charge < -0.3 is 5.32 Å². The average molecular weight is 364 g/mol. The second kappa shape index (κ2) is 8.12. The van der Waals surface area contributed by atoms with Gasteiger partial charge in [0.15, 0.2) is 0 Å². The standard InChI is InChI=1S/C18H22ClN3OS/c1-14(18(23)20-17-4-2-16(19)3-5-17)22-9-7-21(8-10-22)12-15-6-11-24-13-15/h2-6,11,13-14H,7-10,12H2,1H3,(H,20,23)/t14-/m0/s1. The van der Waals surface area contributed by atoms with Crippen LogP contribution in [0.1, 0.15) is 12.5 Å². The fourth-order valence-electron chi connectivity index (χ4n) is 2.90. The molecule has 1 aromatic carbocycles. The van der Waals surface area contributed by atoms with Crippen molar-refractivity contribution >= 4 is 34.5 Å². The minimum Gasteiger partial charge on any atom is -0.325 e. The van der Waals surface area contributed by atoms with E-state index in [9.17, 15) is 4.79 Å². The van der Waals surface area contributed by atoms with Crippen molar-refractivity contribution in [3.05, 3.63) is 51.7 Å². The van der Waals surface area contributed by atoms with Gasteiger partial charge in [0, 0.05) is 43.4 Å². The van der Waals surface area contributed by atoms with Gasteiger partial charge in [0.1, 0.15) is 0 Å². The number of hydrogen-bond donors (Lipinski definition) is 1. The predicted molar refractivity (Wildman–Crippen MR) is 101 cm³/mol. The summed E-state index contributed by atoms with van der Waals surface area (Å²) in [5.74, 6) is 0.0311. The van der Waals surface area contributed by atoms with Gasteiger partial charge in [-0.25, -0.2) is 0 Å². The molecule has 6 heteroatoms. The van der Waals surface area contributed by atoms with Gasteiger partial charge in [0.05, 0.1) is 6.04 Å². The van der Waals surface area contributed by atoms with Crippen LogP contribution >= 0.6 is 22.9 Å². The fourth-order valence-corrected chi connectivity index (χ4v) is 3.68. The van der Waals surface area contributed by atoms with Crippen LogP contribution in [0.4, 0.5) is 5.69 Å². The summed E-state index contributed by atoms with van der Waals surface area (Å²) in [4.78, 5) is 17.1. The van der Waals surface area contributed by atoms with Gasteiger partial charge in [0.25, 0.3) is 0 Å². The van der Waals surface area contributed by atoms with E-state index >= 15 is 0 Å². The number of piperazine rings is 1. The molecule has 2 aromatic rings. The highest BCUT2D eigenvalue weighted by molar-refractivity contribution is 7.07. The lowest BCUT2D eigenvalue weighted by Crippen LogP contribution is -2.52. The van der Waals surface area contributed by atoms with Crippen molar-refractivity contribution < 1.29 is 4.79 Å². The Morgan fingerprint density at radius 1 is 1.21 bits per heavy atom. The average Bonchev–Trinajstić information content (AvgIpc) is 3.10. The van der Waals surface area contributed by atoms with E-state index in [0.717, 1.165) is 38.4 Å². The molecule has 1 aliphatic heterocycles. The summed E-state index contributed by atoms with van der Waals surface area (Å²) in [6.07, 6.45) is 0. The molecule has 0 aliphatic carbocycles.